The Bertz CT molecular complexity index is 1680. The lowest BCUT2D eigenvalue weighted by Gasteiger charge is -2.31. The highest BCUT2D eigenvalue weighted by molar-refractivity contribution is 5.98. The van der Waals surface area contributed by atoms with Crippen molar-refractivity contribution in [3.05, 3.63) is 75.6 Å². The lowest BCUT2D eigenvalue weighted by Crippen LogP contribution is -2.49. The molecule has 3 aromatic heterocycles. The summed E-state index contributed by atoms with van der Waals surface area (Å²) >= 11 is 0. The van der Waals surface area contributed by atoms with Gasteiger partial charge in [-0.1, -0.05) is 12.1 Å². The summed E-state index contributed by atoms with van der Waals surface area (Å²) in [5, 5.41) is 15.9. The first-order chi connectivity index (χ1) is 19.9. The summed E-state index contributed by atoms with van der Waals surface area (Å²) < 4.78 is 7.25. The van der Waals surface area contributed by atoms with Crippen molar-refractivity contribution >= 4 is 22.5 Å². The third-order valence-corrected chi connectivity index (χ3v) is 8.04. The number of fused-ring (bicyclic) bond motifs is 1. The molecule has 1 N–H and O–H groups in total. The maximum absolute atomic E-state index is 14.1. The molecule has 4 aromatic rings. The molecular formula is C31H34N8O2. The summed E-state index contributed by atoms with van der Waals surface area (Å²) in [4.78, 5) is 30.7. The molecule has 0 amide bonds. The summed E-state index contributed by atoms with van der Waals surface area (Å²) in [5.41, 5.74) is 4.24. The molecule has 0 spiro atoms. The van der Waals surface area contributed by atoms with E-state index < -0.39 is 0 Å². The summed E-state index contributed by atoms with van der Waals surface area (Å²) in [6.07, 6.45) is 5.96. The van der Waals surface area contributed by atoms with E-state index in [9.17, 15) is 10.1 Å². The highest BCUT2D eigenvalue weighted by Crippen LogP contribution is 2.32. The molecule has 2 fully saturated rings. The van der Waals surface area contributed by atoms with E-state index in [1.807, 2.05) is 62.3 Å². The maximum atomic E-state index is 14.1. The van der Waals surface area contributed by atoms with Gasteiger partial charge >= 0.3 is 0 Å². The minimum Gasteiger partial charge on any atom is -0.378 e. The number of rotatable bonds is 6. The van der Waals surface area contributed by atoms with Crippen LogP contribution in [0.4, 0.5) is 11.6 Å². The molecule has 5 heterocycles. The number of aromatic nitrogens is 4. The Balaban J connectivity index is 1.50. The van der Waals surface area contributed by atoms with Gasteiger partial charge in [-0.05, 0) is 62.9 Å². The lowest BCUT2D eigenvalue weighted by atomic mass is 9.98. The van der Waals surface area contributed by atoms with Gasteiger partial charge in [-0.15, -0.1) is 0 Å². The molecule has 2 saturated heterocycles. The summed E-state index contributed by atoms with van der Waals surface area (Å²) in [6, 6.07) is 11.8. The molecule has 10 nitrogen and oxygen atoms in total. The molecule has 1 aromatic carbocycles. The number of pyridine rings is 2. The number of hydrogen-bond donors (Lipinski definition) is 1. The van der Waals surface area contributed by atoms with Crippen molar-refractivity contribution in [3.8, 4) is 17.2 Å². The quantitative estimate of drug-likeness (QED) is 0.379. The van der Waals surface area contributed by atoms with Crippen LogP contribution in [0.1, 0.15) is 48.3 Å². The molecular weight excluding hydrogens is 516 g/mol. The topological polar surface area (TPSA) is 112 Å². The van der Waals surface area contributed by atoms with Crippen LogP contribution in [0.3, 0.4) is 0 Å². The standard InChI is InChI=1S/C31H34N8O2/c1-20-23(17-32)7-6-8-25(20)21(2)34-30-26-19-39(38-13-15-41-16-14-38)31(40)28(29(26)35-22(3)36-30)24-9-10-27(33-18-24)37-11-4-5-12-37/h6-10,18-19,21H,4-5,11-16H2,1-3H3,(H,34,35,36)/t21-/m1/s1. The van der Waals surface area contributed by atoms with Gasteiger partial charge in [0.15, 0.2) is 0 Å². The monoisotopic (exact) mass is 550 g/mol. The molecule has 41 heavy (non-hydrogen) atoms. The van der Waals surface area contributed by atoms with Crippen molar-refractivity contribution in [2.75, 3.05) is 54.6 Å². The number of nitrogens with one attached hydrogen (secondary N) is 1. The van der Waals surface area contributed by atoms with E-state index in [1.54, 1.807) is 10.9 Å². The fourth-order valence-electron chi connectivity index (χ4n) is 5.83. The number of morpholine rings is 1. The second kappa shape index (κ2) is 11.2. The van der Waals surface area contributed by atoms with Crippen LogP contribution in [0, 0.1) is 25.2 Å². The first-order valence-corrected chi connectivity index (χ1v) is 14.2. The molecule has 1 atom stereocenters. The van der Waals surface area contributed by atoms with E-state index in [0.29, 0.717) is 54.6 Å². The van der Waals surface area contributed by atoms with Crippen LogP contribution in [0.2, 0.25) is 0 Å². The van der Waals surface area contributed by atoms with Crippen molar-refractivity contribution in [3.63, 3.8) is 0 Å². The molecule has 0 aliphatic carbocycles. The Hall–Kier alpha value is -4.49. The smallest absolute Gasteiger partial charge is 0.279 e. The van der Waals surface area contributed by atoms with Crippen LogP contribution >= 0.6 is 0 Å². The van der Waals surface area contributed by atoms with Gasteiger partial charge in [0.2, 0.25) is 0 Å². The highest BCUT2D eigenvalue weighted by atomic mass is 16.5. The normalized spacial score (nSPS) is 16.1. The molecule has 0 unspecified atom stereocenters. The molecule has 10 heteroatoms. The van der Waals surface area contributed by atoms with Crippen molar-refractivity contribution in [1.29, 1.82) is 5.26 Å². The van der Waals surface area contributed by atoms with E-state index in [-0.39, 0.29) is 11.6 Å². The van der Waals surface area contributed by atoms with E-state index in [1.165, 1.54) is 12.8 Å². The number of benzene rings is 1. The zero-order valence-electron chi connectivity index (χ0n) is 23.7. The number of ether oxygens (including phenoxy) is 1. The number of anilines is 2. The fourth-order valence-corrected chi connectivity index (χ4v) is 5.83. The highest BCUT2D eigenvalue weighted by Gasteiger charge is 2.23. The Morgan fingerprint density at radius 2 is 1.83 bits per heavy atom. The van der Waals surface area contributed by atoms with Gasteiger partial charge < -0.3 is 20.0 Å². The van der Waals surface area contributed by atoms with Gasteiger partial charge in [0.05, 0.1) is 60.4 Å². The van der Waals surface area contributed by atoms with E-state index in [0.717, 1.165) is 41.0 Å². The Morgan fingerprint density at radius 3 is 2.54 bits per heavy atom. The van der Waals surface area contributed by atoms with E-state index in [4.69, 9.17) is 19.7 Å². The molecule has 210 valence electrons. The molecule has 2 aliphatic rings. The third-order valence-electron chi connectivity index (χ3n) is 8.04. The fraction of sp³-hybridized carbons (Fsp3) is 0.387. The zero-order valence-corrected chi connectivity index (χ0v) is 23.7. The van der Waals surface area contributed by atoms with Crippen molar-refractivity contribution in [2.24, 2.45) is 0 Å². The zero-order chi connectivity index (χ0) is 28.5. The second-order valence-corrected chi connectivity index (χ2v) is 10.7. The van der Waals surface area contributed by atoms with Crippen molar-refractivity contribution in [2.45, 2.75) is 39.7 Å². The lowest BCUT2D eigenvalue weighted by molar-refractivity contribution is 0.111. The van der Waals surface area contributed by atoms with Crippen LogP contribution in [-0.2, 0) is 4.74 Å². The first-order valence-electron chi connectivity index (χ1n) is 14.2. The number of nitrogens with zero attached hydrogens (tertiary/aromatic N) is 7. The van der Waals surface area contributed by atoms with Crippen molar-refractivity contribution in [1.82, 2.24) is 19.6 Å². The average Bonchev–Trinajstić information content (AvgIpc) is 3.53. The Kier molecular flexibility index (Phi) is 7.28. The van der Waals surface area contributed by atoms with Gasteiger partial charge in [-0.2, -0.15) is 5.26 Å². The summed E-state index contributed by atoms with van der Waals surface area (Å²) in [5.74, 6) is 2.12. The first kappa shape index (κ1) is 26.7. The van der Waals surface area contributed by atoms with Crippen LogP contribution in [0.15, 0.2) is 47.5 Å². The number of hydrogen-bond acceptors (Lipinski definition) is 9. The molecule has 0 radical (unpaired) electrons. The van der Waals surface area contributed by atoms with Gasteiger partial charge in [0.25, 0.3) is 5.56 Å². The predicted molar refractivity (Wildman–Crippen MR) is 160 cm³/mol. The average molecular weight is 551 g/mol. The van der Waals surface area contributed by atoms with Gasteiger partial charge in [0.1, 0.15) is 17.5 Å². The molecule has 6 rings (SSSR count). The SMILES string of the molecule is Cc1nc(N[C@H](C)c2cccc(C#N)c2C)c2cn(N3CCOCC3)c(=O)c(-c3ccc(N4CCCC4)nc3)c2n1. The van der Waals surface area contributed by atoms with Crippen LogP contribution < -0.4 is 20.8 Å². The largest absolute Gasteiger partial charge is 0.378 e. The van der Waals surface area contributed by atoms with Crippen LogP contribution in [0.5, 0.6) is 0 Å². The molecule has 2 aliphatic heterocycles. The number of aryl methyl sites for hydroxylation is 1. The molecule has 0 saturated carbocycles. The Labute approximate surface area is 239 Å². The summed E-state index contributed by atoms with van der Waals surface area (Å²) in [6.45, 7) is 10.1. The third kappa shape index (κ3) is 5.09. The minimum absolute atomic E-state index is 0.144. The number of nitriles is 1. The Morgan fingerprint density at radius 1 is 1.05 bits per heavy atom. The van der Waals surface area contributed by atoms with Crippen LogP contribution in [0.25, 0.3) is 22.0 Å². The van der Waals surface area contributed by atoms with Crippen molar-refractivity contribution < 1.29 is 4.74 Å². The van der Waals surface area contributed by atoms with Gasteiger partial charge in [0, 0.05) is 31.0 Å². The van der Waals surface area contributed by atoms with Gasteiger partial charge in [-0.25, -0.2) is 19.6 Å². The minimum atomic E-state index is -0.148. The second-order valence-electron chi connectivity index (χ2n) is 10.7. The summed E-state index contributed by atoms with van der Waals surface area (Å²) in [7, 11) is 0. The van der Waals surface area contributed by atoms with Gasteiger partial charge in [-0.3, -0.25) is 4.79 Å². The van der Waals surface area contributed by atoms with E-state index >= 15 is 0 Å². The molecule has 0 bridgehead atoms. The maximum Gasteiger partial charge on any atom is 0.279 e. The van der Waals surface area contributed by atoms with E-state index in [2.05, 4.69) is 16.3 Å². The predicted octanol–water partition coefficient (Wildman–Crippen LogP) is 4.08. The van der Waals surface area contributed by atoms with Crippen LogP contribution in [-0.4, -0.2) is 59.0 Å².